The van der Waals surface area contributed by atoms with Crippen molar-refractivity contribution >= 4 is 38.7 Å². The molecule has 6 nitrogen and oxygen atoms in total. The summed E-state index contributed by atoms with van der Waals surface area (Å²) in [5.41, 5.74) is 5.28. The van der Waals surface area contributed by atoms with E-state index in [-0.39, 0.29) is 0 Å². The van der Waals surface area contributed by atoms with E-state index < -0.39 is 0 Å². The topological polar surface area (TPSA) is 68.8 Å². The molecule has 5 aromatic rings. The van der Waals surface area contributed by atoms with Gasteiger partial charge in [0.15, 0.2) is 5.58 Å². The van der Waals surface area contributed by atoms with E-state index in [2.05, 4.69) is 35.5 Å². The molecule has 0 bridgehead atoms. The lowest BCUT2D eigenvalue weighted by atomic mass is 10.1. The maximum atomic E-state index is 6.18. The number of para-hydroxylation sites is 2. The van der Waals surface area contributed by atoms with Gasteiger partial charge in [0, 0.05) is 17.3 Å². The van der Waals surface area contributed by atoms with Crippen LogP contribution in [0.1, 0.15) is 26.0 Å². The smallest absolute Gasteiger partial charge is 0.177 e. The molecule has 6 heteroatoms. The summed E-state index contributed by atoms with van der Waals surface area (Å²) in [5.74, 6) is 0.644. The largest absolute Gasteiger partial charge is 0.452 e. The lowest BCUT2D eigenvalue weighted by Crippen LogP contribution is -2.02. The first kappa shape index (κ1) is 17.7. The monoisotopic (exact) mass is 385 g/mol. The number of hydrogen-bond donors (Lipinski definition) is 1. The Morgan fingerprint density at radius 3 is 2.69 bits per heavy atom. The molecule has 0 fully saturated rings. The number of pyridine rings is 1. The summed E-state index contributed by atoms with van der Waals surface area (Å²) in [5, 5.41) is 14.2. The number of nitrogens with zero attached hydrogens (tertiary/aromatic N) is 4. The third kappa shape index (κ3) is 3.31. The first-order chi connectivity index (χ1) is 14.2. The van der Waals surface area contributed by atoms with Gasteiger partial charge in [0.2, 0.25) is 0 Å². The average molecular weight is 385 g/mol. The second kappa shape index (κ2) is 7.20. The van der Waals surface area contributed by atoms with Crippen molar-refractivity contribution in [2.75, 3.05) is 5.32 Å². The summed E-state index contributed by atoms with van der Waals surface area (Å²) in [4.78, 5) is 4.86. The predicted octanol–water partition coefficient (Wildman–Crippen LogP) is 5.38. The van der Waals surface area contributed by atoms with Crippen molar-refractivity contribution < 1.29 is 4.42 Å². The van der Waals surface area contributed by atoms with Crippen molar-refractivity contribution in [3.8, 4) is 0 Å². The molecular weight excluding hydrogens is 362 g/mol. The molecule has 3 aromatic heterocycles. The van der Waals surface area contributed by atoms with Crippen LogP contribution in [-0.4, -0.2) is 20.0 Å². The van der Waals surface area contributed by atoms with Crippen molar-refractivity contribution in [1.29, 1.82) is 0 Å². The first-order valence-corrected chi connectivity index (χ1v) is 10.0. The van der Waals surface area contributed by atoms with Gasteiger partial charge in [0.25, 0.3) is 0 Å². The summed E-state index contributed by atoms with van der Waals surface area (Å²) in [6, 6.07) is 16.1. The molecular formula is C23H23N5O. The van der Waals surface area contributed by atoms with Gasteiger partial charge >= 0.3 is 0 Å². The van der Waals surface area contributed by atoms with Gasteiger partial charge < -0.3 is 9.73 Å². The van der Waals surface area contributed by atoms with Gasteiger partial charge in [-0.3, -0.25) is 4.68 Å². The lowest BCUT2D eigenvalue weighted by Gasteiger charge is -2.09. The number of aromatic nitrogens is 4. The average Bonchev–Trinajstić information content (AvgIpc) is 3.34. The standard InChI is InChI=1S/C23H23N5O/c1-15(2)11-12-28-14-16(26-27-28)13-24-21-17-7-3-5-9-19(17)25-22-18-8-4-6-10-20(18)29-23(21)22/h3-10,14-15H,11-13H2,1-2H3,(H,24,25). The number of fused-ring (bicyclic) bond motifs is 4. The van der Waals surface area contributed by atoms with Crippen LogP contribution >= 0.6 is 0 Å². The van der Waals surface area contributed by atoms with E-state index >= 15 is 0 Å². The van der Waals surface area contributed by atoms with Crippen LogP contribution in [0.15, 0.2) is 59.1 Å². The van der Waals surface area contributed by atoms with Crippen LogP contribution < -0.4 is 5.32 Å². The molecule has 146 valence electrons. The third-order valence-corrected chi connectivity index (χ3v) is 5.17. The molecule has 1 N–H and O–H groups in total. The molecule has 3 heterocycles. The molecule has 0 amide bonds. The van der Waals surface area contributed by atoms with Crippen molar-refractivity contribution in [1.82, 2.24) is 20.0 Å². The van der Waals surface area contributed by atoms with Gasteiger partial charge in [-0.1, -0.05) is 49.4 Å². The Morgan fingerprint density at radius 1 is 1.03 bits per heavy atom. The highest BCUT2D eigenvalue weighted by atomic mass is 16.3. The van der Waals surface area contributed by atoms with E-state index in [0.29, 0.717) is 12.5 Å². The Morgan fingerprint density at radius 2 is 1.83 bits per heavy atom. The summed E-state index contributed by atoms with van der Waals surface area (Å²) < 4.78 is 8.10. The minimum absolute atomic E-state index is 0.571. The van der Waals surface area contributed by atoms with E-state index in [4.69, 9.17) is 9.40 Å². The summed E-state index contributed by atoms with van der Waals surface area (Å²) in [7, 11) is 0. The zero-order chi connectivity index (χ0) is 19.8. The minimum Gasteiger partial charge on any atom is -0.452 e. The highest BCUT2D eigenvalue weighted by molar-refractivity contribution is 6.13. The summed E-state index contributed by atoms with van der Waals surface area (Å²) >= 11 is 0. The number of hydrogen-bond acceptors (Lipinski definition) is 5. The van der Waals surface area contributed by atoms with Gasteiger partial charge in [-0.15, -0.1) is 5.10 Å². The fraction of sp³-hybridized carbons (Fsp3) is 0.261. The van der Waals surface area contributed by atoms with Gasteiger partial charge in [0.1, 0.15) is 16.8 Å². The van der Waals surface area contributed by atoms with Crippen molar-refractivity contribution in [2.45, 2.75) is 33.4 Å². The number of anilines is 1. The normalized spacial score (nSPS) is 11.8. The molecule has 29 heavy (non-hydrogen) atoms. The fourth-order valence-corrected chi connectivity index (χ4v) is 3.61. The number of nitrogens with one attached hydrogen (secondary N) is 1. The predicted molar refractivity (Wildman–Crippen MR) is 116 cm³/mol. The van der Waals surface area contributed by atoms with Gasteiger partial charge in [-0.25, -0.2) is 4.98 Å². The van der Waals surface area contributed by atoms with E-state index in [9.17, 15) is 0 Å². The Balaban J connectivity index is 1.53. The van der Waals surface area contributed by atoms with E-state index in [1.54, 1.807) is 0 Å². The van der Waals surface area contributed by atoms with Crippen LogP contribution in [0, 0.1) is 5.92 Å². The van der Waals surface area contributed by atoms with Crippen LogP contribution in [0.4, 0.5) is 5.69 Å². The molecule has 0 radical (unpaired) electrons. The van der Waals surface area contributed by atoms with E-state index in [0.717, 1.165) is 57.3 Å². The summed E-state index contributed by atoms with van der Waals surface area (Å²) in [6.45, 7) is 5.89. The van der Waals surface area contributed by atoms with Crippen LogP contribution in [0.5, 0.6) is 0 Å². The van der Waals surface area contributed by atoms with Gasteiger partial charge in [-0.2, -0.15) is 0 Å². The minimum atomic E-state index is 0.571. The molecule has 0 saturated carbocycles. The number of benzene rings is 2. The zero-order valence-corrected chi connectivity index (χ0v) is 16.6. The maximum Gasteiger partial charge on any atom is 0.177 e. The lowest BCUT2D eigenvalue weighted by molar-refractivity contribution is 0.478. The van der Waals surface area contributed by atoms with Crippen LogP contribution in [0.3, 0.4) is 0 Å². The van der Waals surface area contributed by atoms with E-state index in [1.165, 1.54) is 0 Å². The molecule has 0 atom stereocenters. The highest BCUT2D eigenvalue weighted by Crippen LogP contribution is 2.36. The second-order valence-electron chi connectivity index (χ2n) is 7.79. The zero-order valence-electron chi connectivity index (χ0n) is 16.6. The van der Waals surface area contributed by atoms with Crippen molar-refractivity contribution in [3.63, 3.8) is 0 Å². The quantitative estimate of drug-likeness (QED) is 0.425. The molecule has 5 rings (SSSR count). The molecule has 2 aromatic carbocycles. The number of rotatable bonds is 6. The Kier molecular flexibility index (Phi) is 4.39. The van der Waals surface area contributed by atoms with E-state index in [1.807, 2.05) is 53.3 Å². The molecule has 0 aliphatic heterocycles. The molecule has 0 unspecified atom stereocenters. The SMILES string of the molecule is CC(C)CCn1cc(CNc2c3ccccc3nc3c2oc2ccccc23)nn1. The van der Waals surface area contributed by atoms with Crippen molar-refractivity contribution in [2.24, 2.45) is 5.92 Å². The molecule has 0 saturated heterocycles. The highest BCUT2D eigenvalue weighted by Gasteiger charge is 2.16. The van der Waals surface area contributed by atoms with Gasteiger partial charge in [0.05, 0.1) is 23.9 Å². The van der Waals surface area contributed by atoms with Gasteiger partial charge in [-0.05, 0) is 30.5 Å². The van der Waals surface area contributed by atoms with Crippen LogP contribution in [0.25, 0.3) is 33.0 Å². The van der Waals surface area contributed by atoms with Crippen LogP contribution in [-0.2, 0) is 13.1 Å². The molecule has 0 spiro atoms. The summed E-state index contributed by atoms with van der Waals surface area (Å²) in [6.07, 6.45) is 3.10. The third-order valence-electron chi connectivity index (χ3n) is 5.17. The Bertz CT molecular complexity index is 1300. The second-order valence-corrected chi connectivity index (χ2v) is 7.79. The fourth-order valence-electron chi connectivity index (χ4n) is 3.61. The molecule has 0 aliphatic rings. The van der Waals surface area contributed by atoms with Crippen molar-refractivity contribution in [3.05, 3.63) is 60.4 Å². The Hall–Kier alpha value is -3.41. The maximum absolute atomic E-state index is 6.18. The van der Waals surface area contributed by atoms with Crippen LogP contribution in [0.2, 0.25) is 0 Å². The first-order valence-electron chi connectivity index (χ1n) is 10.0. The molecule has 0 aliphatic carbocycles. The number of furan rings is 1. The number of aryl methyl sites for hydroxylation is 1. The Labute approximate surface area is 168 Å².